The first kappa shape index (κ1) is 7.95. The summed E-state index contributed by atoms with van der Waals surface area (Å²) in [6.45, 7) is 1.64. The summed E-state index contributed by atoms with van der Waals surface area (Å²) >= 11 is 1.83. The van der Waals surface area contributed by atoms with E-state index in [0.717, 1.165) is 36.8 Å². The van der Waals surface area contributed by atoms with Crippen LogP contribution >= 0.6 is 11.8 Å². The van der Waals surface area contributed by atoms with Crippen LogP contribution in [-0.4, -0.2) is 24.7 Å². The molecule has 0 bridgehead atoms. The number of rotatable bonds is 4. The summed E-state index contributed by atoms with van der Waals surface area (Å²) in [5, 5.41) is 0. The molecule has 0 amide bonds. The zero-order valence-corrected chi connectivity index (χ0v) is 6.82. The molecule has 0 aromatic rings. The van der Waals surface area contributed by atoms with Crippen LogP contribution in [0, 0.1) is 0 Å². The van der Waals surface area contributed by atoms with E-state index in [4.69, 9.17) is 10.5 Å². The van der Waals surface area contributed by atoms with Gasteiger partial charge in [0.1, 0.15) is 5.76 Å². The lowest BCUT2D eigenvalue weighted by Crippen LogP contribution is -2.02. The fourth-order valence-corrected chi connectivity index (χ4v) is 1.54. The van der Waals surface area contributed by atoms with Crippen LogP contribution in [0.5, 0.6) is 0 Å². The summed E-state index contributed by atoms with van der Waals surface area (Å²) in [5.74, 6) is 3.16. The molecule has 10 heavy (non-hydrogen) atoms. The molecule has 0 radical (unpaired) electrons. The molecule has 0 aromatic heterocycles. The zero-order valence-electron chi connectivity index (χ0n) is 6.01. The quantitative estimate of drug-likeness (QED) is 0.621. The molecule has 1 rings (SSSR count). The van der Waals surface area contributed by atoms with E-state index in [1.165, 1.54) is 0 Å². The van der Waals surface area contributed by atoms with Gasteiger partial charge in [0.2, 0.25) is 0 Å². The molecule has 2 N–H and O–H groups in total. The Bertz CT molecular complexity index is 125. The van der Waals surface area contributed by atoms with Gasteiger partial charge in [-0.05, 0) is 6.08 Å². The molecule has 1 heterocycles. The largest absolute Gasteiger partial charge is 0.497 e. The van der Waals surface area contributed by atoms with Crippen LogP contribution in [0.1, 0.15) is 6.42 Å². The SMILES string of the molecule is NCCSCC1=CCCO1. The van der Waals surface area contributed by atoms with E-state index in [1.54, 1.807) is 0 Å². The fraction of sp³-hybridized carbons (Fsp3) is 0.714. The first-order chi connectivity index (χ1) is 4.93. The van der Waals surface area contributed by atoms with Crippen molar-refractivity contribution in [3.63, 3.8) is 0 Å². The summed E-state index contributed by atoms with van der Waals surface area (Å²) in [6.07, 6.45) is 3.24. The standard InChI is InChI=1S/C7H13NOS/c8-3-5-10-6-7-2-1-4-9-7/h2H,1,3-6,8H2. The molecule has 1 aliphatic rings. The minimum Gasteiger partial charge on any atom is -0.497 e. The van der Waals surface area contributed by atoms with Gasteiger partial charge < -0.3 is 10.5 Å². The van der Waals surface area contributed by atoms with Crippen molar-refractivity contribution >= 4 is 11.8 Å². The topological polar surface area (TPSA) is 35.2 Å². The first-order valence-electron chi connectivity index (χ1n) is 3.53. The molecule has 58 valence electrons. The molecule has 1 aliphatic heterocycles. The average molecular weight is 159 g/mol. The van der Waals surface area contributed by atoms with Gasteiger partial charge in [0.05, 0.1) is 12.4 Å². The van der Waals surface area contributed by atoms with Gasteiger partial charge in [0, 0.05) is 18.7 Å². The van der Waals surface area contributed by atoms with Crippen molar-refractivity contribution < 1.29 is 4.74 Å². The van der Waals surface area contributed by atoms with Crippen molar-refractivity contribution in [1.29, 1.82) is 0 Å². The van der Waals surface area contributed by atoms with Crippen LogP contribution in [0.25, 0.3) is 0 Å². The molecule has 0 saturated carbocycles. The number of nitrogens with two attached hydrogens (primary N) is 1. The van der Waals surface area contributed by atoms with Gasteiger partial charge in [-0.25, -0.2) is 0 Å². The summed E-state index contributed by atoms with van der Waals surface area (Å²) < 4.78 is 5.30. The van der Waals surface area contributed by atoms with E-state index in [0.29, 0.717) is 0 Å². The van der Waals surface area contributed by atoms with Crippen LogP contribution in [0.2, 0.25) is 0 Å². The number of hydrogen-bond acceptors (Lipinski definition) is 3. The number of thioether (sulfide) groups is 1. The Morgan fingerprint density at radius 2 is 2.60 bits per heavy atom. The maximum atomic E-state index is 5.33. The smallest absolute Gasteiger partial charge is 0.102 e. The Morgan fingerprint density at radius 1 is 1.70 bits per heavy atom. The lowest BCUT2D eigenvalue weighted by molar-refractivity contribution is 0.248. The second-order valence-corrected chi connectivity index (χ2v) is 3.25. The van der Waals surface area contributed by atoms with Crippen LogP contribution < -0.4 is 5.73 Å². The highest BCUT2D eigenvalue weighted by Gasteiger charge is 2.03. The summed E-state index contributed by atoms with van der Waals surface area (Å²) in [7, 11) is 0. The Morgan fingerprint density at radius 3 is 3.20 bits per heavy atom. The van der Waals surface area contributed by atoms with E-state index in [1.807, 2.05) is 11.8 Å². The summed E-state index contributed by atoms with van der Waals surface area (Å²) in [4.78, 5) is 0. The molecule has 0 unspecified atom stereocenters. The van der Waals surface area contributed by atoms with Crippen LogP contribution in [0.4, 0.5) is 0 Å². The molecule has 2 nitrogen and oxygen atoms in total. The van der Waals surface area contributed by atoms with Crippen LogP contribution in [0.3, 0.4) is 0 Å². The van der Waals surface area contributed by atoms with E-state index >= 15 is 0 Å². The predicted octanol–water partition coefficient (Wildman–Crippen LogP) is 0.982. The fourth-order valence-electron chi connectivity index (χ4n) is 0.826. The minimum atomic E-state index is 0.762. The van der Waals surface area contributed by atoms with E-state index < -0.39 is 0 Å². The third kappa shape index (κ3) is 2.62. The van der Waals surface area contributed by atoms with Crippen molar-refractivity contribution in [3.05, 3.63) is 11.8 Å². The van der Waals surface area contributed by atoms with E-state index in [-0.39, 0.29) is 0 Å². The van der Waals surface area contributed by atoms with E-state index in [9.17, 15) is 0 Å². The van der Waals surface area contributed by atoms with Crippen molar-refractivity contribution in [1.82, 2.24) is 0 Å². The maximum Gasteiger partial charge on any atom is 0.102 e. The van der Waals surface area contributed by atoms with Gasteiger partial charge >= 0.3 is 0 Å². The first-order valence-corrected chi connectivity index (χ1v) is 4.68. The monoisotopic (exact) mass is 159 g/mol. The molecular formula is C7H13NOS. The van der Waals surface area contributed by atoms with Crippen LogP contribution in [0.15, 0.2) is 11.8 Å². The molecule has 0 saturated heterocycles. The third-order valence-electron chi connectivity index (χ3n) is 1.28. The highest BCUT2D eigenvalue weighted by atomic mass is 32.2. The van der Waals surface area contributed by atoms with Gasteiger partial charge in [0.25, 0.3) is 0 Å². The second-order valence-electron chi connectivity index (χ2n) is 2.15. The summed E-state index contributed by atoms with van der Waals surface area (Å²) in [6, 6.07) is 0. The van der Waals surface area contributed by atoms with Crippen molar-refractivity contribution in [2.24, 2.45) is 5.73 Å². The molecule has 0 fully saturated rings. The average Bonchev–Trinajstić information content (AvgIpc) is 2.41. The van der Waals surface area contributed by atoms with Gasteiger partial charge in [-0.15, -0.1) is 0 Å². The Kier molecular flexibility index (Phi) is 3.68. The van der Waals surface area contributed by atoms with Crippen molar-refractivity contribution in [3.8, 4) is 0 Å². The molecule has 0 atom stereocenters. The van der Waals surface area contributed by atoms with Gasteiger partial charge in [0.15, 0.2) is 0 Å². The van der Waals surface area contributed by atoms with Gasteiger partial charge in [-0.2, -0.15) is 11.8 Å². The number of ether oxygens (including phenoxy) is 1. The number of hydrogen-bond donors (Lipinski definition) is 1. The van der Waals surface area contributed by atoms with E-state index in [2.05, 4.69) is 6.08 Å². The highest BCUT2D eigenvalue weighted by molar-refractivity contribution is 7.99. The molecule has 0 aromatic carbocycles. The molecular weight excluding hydrogens is 146 g/mol. The maximum absolute atomic E-state index is 5.33. The lowest BCUT2D eigenvalue weighted by atomic mass is 10.4. The Hall–Kier alpha value is -0.150. The van der Waals surface area contributed by atoms with Gasteiger partial charge in [-0.1, -0.05) is 0 Å². The molecule has 0 aliphatic carbocycles. The Labute approximate surface area is 65.8 Å². The lowest BCUT2D eigenvalue weighted by Gasteiger charge is -2.01. The second kappa shape index (κ2) is 4.63. The van der Waals surface area contributed by atoms with Crippen molar-refractivity contribution in [2.45, 2.75) is 6.42 Å². The molecule has 3 heteroatoms. The third-order valence-corrected chi connectivity index (χ3v) is 2.30. The van der Waals surface area contributed by atoms with Crippen molar-refractivity contribution in [2.75, 3.05) is 24.7 Å². The normalized spacial score (nSPS) is 16.7. The Balaban J connectivity index is 2.01. The van der Waals surface area contributed by atoms with Gasteiger partial charge in [-0.3, -0.25) is 0 Å². The zero-order chi connectivity index (χ0) is 7.23. The van der Waals surface area contributed by atoms with Crippen LogP contribution in [-0.2, 0) is 4.74 Å². The molecule has 0 spiro atoms. The summed E-state index contributed by atoms with van der Waals surface area (Å²) in [5.41, 5.74) is 5.33. The predicted molar refractivity (Wildman–Crippen MR) is 45.0 cm³/mol. The highest BCUT2D eigenvalue weighted by Crippen LogP contribution is 2.14. The minimum absolute atomic E-state index is 0.762.